The molecular formula is C15H13N5O2S3. The van der Waals surface area contributed by atoms with Crippen molar-refractivity contribution < 1.29 is 4.42 Å². The monoisotopic (exact) mass is 391 g/mol. The van der Waals surface area contributed by atoms with Crippen LogP contribution in [0.15, 0.2) is 31.3 Å². The lowest BCUT2D eigenvalue weighted by molar-refractivity contribution is 0.419. The average molecular weight is 392 g/mol. The highest BCUT2D eigenvalue weighted by Crippen LogP contribution is 2.22. The van der Waals surface area contributed by atoms with Crippen LogP contribution < -0.4 is 5.56 Å². The van der Waals surface area contributed by atoms with E-state index in [4.69, 9.17) is 4.42 Å². The van der Waals surface area contributed by atoms with E-state index in [1.54, 1.807) is 21.8 Å². The summed E-state index contributed by atoms with van der Waals surface area (Å²) in [6, 6.07) is 1.55. The molecule has 0 N–H and O–H groups in total. The number of rotatable bonds is 5. The van der Waals surface area contributed by atoms with Crippen molar-refractivity contribution in [1.82, 2.24) is 24.6 Å². The summed E-state index contributed by atoms with van der Waals surface area (Å²) in [7, 11) is 0. The molecule has 0 aromatic carbocycles. The molecule has 4 aromatic heterocycles. The first kappa shape index (κ1) is 16.4. The summed E-state index contributed by atoms with van der Waals surface area (Å²) in [6.07, 6.45) is 0.526. The zero-order chi connectivity index (χ0) is 17.4. The number of aromatic nitrogens is 5. The van der Waals surface area contributed by atoms with Crippen molar-refractivity contribution in [3.63, 3.8) is 0 Å². The third-order valence-electron chi connectivity index (χ3n) is 3.42. The second kappa shape index (κ2) is 6.70. The van der Waals surface area contributed by atoms with Crippen LogP contribution in [-0.4, -0.2) is 24.6 Å². The van der Waals surface area contributed by atoms with E-state index in [0.29, 0.717) is 33.9 Å². The van der Waals surface area contributed by atoms with Gasteiger partial charge < -0.3 is 4.42 Å². The van der Waals surface area contributed by atoms with Gasteiger partial charge in [-0.2, -0.15) is 0 Å². The van der Waals surface area contributed by atoms with E-state index in [1.807, 2.05) is 24.6 Å². The molecule has 0 spiro atoms. The molecule has 0 saturated heterocycles. The van der Waals surface area contributed by atoms with Crippen LogP contribution in [0.25, 0.3) is 4.96 Å². The van der Waals surface area contributed by atoms with E-state index in [2.05, 4.69) is 20.2 Å². The lowest BCUT2D eigenvalue weighted by atomic mass is 10.3. The number of hydrogen-bond donors (Lipinski definition) is 0. The summed E-state index contributed by atoms with van der Waals surface area (Å²) in [5.74, 6) is 1.03. The van der Waals surface area contributed by atoms with Gasteiger partial charge in [0.1, 0.15) is 0 Å². The Morgan fingerprint density at radius 3 is 2.84 bits per heavy atom. The highest BCUT2D eigenvalue weighted by molar-refractivity contribution is 7.98. The number of fused-ring (bicyclic) bond motifs is 1. The van der Waals surface area contributed by atoms with Crippen molar-refractivity contribution in [3.8, 4) is 0 Å². The first-order valence-electron chi connectivity index (χ1n) is 7.41. The molecule has 4 aromatic rings. The number of hydrogen-bond acceptors (Lipinski definition) is 9. The van der Waals surface area contributed by atoms with Crippen molar-refractivity contribution in [1.29, 1.82) is 0 Å². The molecule has 0 aliphatic carbocycles. The van der Waals surface area contributed by atoms with Gasteiger partial charge in [-0.3, -0.25) is 9.20 Å². The largest absolute Gasteiger partial charge is 0.416 e. The Balaban J connectivity index is 1.46. The molecule has 0 amide bonds. The van der Waals surface area contributed by atoms with Crippen LogP contribution in [0.3, 0.4) is 0 Å². The molecule has 0 saturated carbocycles. The molecule has 0 radical (unpaired) electrons. The Bertz CT molecular complexity index is 1090. The van der Waals surface area contributed by atoms with Gasteiger partial charge in [-0.05, 0) is 13.8 Å². The predicted octanol–water partition coefficient (Wildman–Crippen LogP) is 3.10. The van der Waals surface area contributed by atoms with E-state index in [-0.39, 0.29) is 5.56 Å². The first-order chi connectivity index (χ1) is 12.1. The molecule has 128 valence electrons. The van der Waals surface area contributed by atoms with Gasteiger partial charge in [-0.15, -0.1) is 32.9 Å². The Morgan fingerprint density at radius 2 is 2.04 bits per heavy atom. The minimum atomic E-state index is -0.0653. The van der Waals surface area contributed by atoms with Crippen molar-refractivity contribution >= 4 is 39.4 Å². The van der Waals surface area contributed by atoms with Crippen LogP contribution in [0.1, 0.15) is 28.0 Å². The van der Waals surface area contributed by atoms with Crippen molar-refractivity contribution in [2.24, 2.45) is 0 Å². The Morgan fingerprint density at radius 1 is 1.16 bits per heavy atom. The number of thioether (sulfide) groups is 1. The fourth-order valence-corrected chi connectivity index (χ4v) is 4.50. The van der Waals surface area contributed by atoms with Crippen LogP contribution in [0.5, 0.6) is 0 Å². The zero-order valence-corrected chi connectivity index (χ0v) is 15.9. The fourth-order valence-electron chi connectivity index (χ4n) is 2.32. The van der Waals surface area contributed by atoms with Gasteiger partial charge in [0, 0.05) is 28.3 Å². The maximum Gasteiger partial charge on any atom is 0.276 e. The number of nitrogens with zero attached hydrogens (tertiary/aromatic N) is 5. The molecule has 0 fully saturated rings. The van der Waals surface area contributed by atoms with Gasteiger partial charge in [0.25, 0.3) is 10.8 Å². The highest BCUT2D eigenvalue weighted by Gasteiger charge is 2.11. The second-order valence-corrected chi connectivity index (χ2v) is 8.19. The summed E-state index contributed by atoms with van der Waals surface area (Å²) in [5, 5.41) is 13.5. The molecule has 4 rings (SSSR count). The third kappa shape index (κ3) is 3.51. The van der Waals surface area contributed by atoms with E-state index in [0.717, 1.165) is 16.4 Å². The molecule has 10 heteroatoms. The normalized spacial score (nSPS) is 11.4. The summed E-state index contributed by atoms with van der Waals surface area (Å²) in [5.41, 5.74) is 2.46. The molecular weight excluding hydrogens is 378 g/mol. The van der Waals surface area contributed by atoms with Gasteiger partial charge in [-0.1, -0.05) is 11.8 Å². The summed E-state index contributed by atoms with van der Waals surface area (Å²) in [6.45, 7) is 3.86. The van der Waals surface area contributed by atoms with Crippen LogP contribution >= 0.6 is 34.4 Å². The van der Waals surface area contributed by atoms with Crippen LogP contribution in [0.4, 0.5) is 0 Å². The third-order valence-corrected chi connectivity index (χ3v) is 6.04. The van der Waals surface area contributed by atoms with Gasteiger partial charge in [0.2, 0.25) is 5.89 Å². The zero-order valence-electron chi connectivity index (χ0n) is 13.4. The molecule has 0 atom stereocenters. The van der Waals surface area contributed by atoms with E-state index >= 15 is 0 Å². The first-order valence-corrected chi connectivity index (χ1v) is 10.2. The molecule has 4 heterocycles. The summed E-state index contributed by atoms with van der Waals surface area (Å²) >= 11 is 4.42. The quantitative estimate of drug-likeness (QED) is 0.483. The molecule has 0 unspecified atom stereocenters. The molecule has 0 bridgehead atoms. The van der Waals surface area contributed by atoms with Gasteiger partial charge in [0.05, 0.1) is 22.8 Å². The summed E-state index contributed by atoms with van der Waals surface area (Å²) < 4.78 is 7.25. The van der Waals surface area contributed by atoms with Crippen molar-refractivity contribution in [3.05, 3.63) is 55.2 Å². The second-order valence-electron chi connectivity index (χ2n) is 5.37. The lowest BCUT2D eigenvalue weighted by Crippen LogP contribution is -2.14. The van der Waals surface area contributed by atoms with Gasteiger partial charge >= 0.3 is 0 Å². The Kier molecular flexibility index (Phi) is 4.40. The maximum atomic E-state index is 12.2. The minimum Gasteiger partial charge on any atom is -0.416 e. The smallest absolute Gasteiger partial charge is 0.276 e. The van der Waals surface area contributed by atoms with Crippen molar-refractivity contribution in [2.75, 3.05) is 0 Å². The standard InChI is InChI=1S/C15H13N5O2S3/c1-8-5-24-14-17-11(4-13(21)20(8)14)7-25-15-19-18-12(22-15)3-10-6-23-9(2)16-10/h4-6H,3,7H2,1-2H3. The lowest BCUT2D eigenvalue weighted by Gasteiger charge is -1.99. The van der Waals surface area contributed by atoms with Crippen molar-refractivity contribution in [2.45, 2.75) is 31.2 Å². The highest BCUT2D eigenvalue weighted by atomic mass is 32.2. The van der Waals surface area contributed by atoms with Crippen LogP contribution in [0.2, 0.25) is 0 Å². The Hall–Kier alpha value is -2.04. The number of thiazole rings is 2. The van der Waals surface area contributed by atoms with Crippen LogP contribution in [0, 0.1) is 13.8 Å². The predicted molar refractivity (Wildman–Crippen MR) is 97.6 cm³/mol. The van der Waals surface area contributed by atoms with Gasteiger partial charge in [0.15, 0.2) is 4.96 Å². The molecule has 7 nitrogen and oxygen atoms in total. The fraction of sp³-hybridized carbons (Fsp3) is 0.267. The molecule has 0 aliphatic rings. The number of aryl methyl sites for hydroxylation is 2. The molecule has 0 aliphatic heterocycles. The minimum absolute atomic E-state index is 0.0653. The van der Waals surface area contributed by atoms with Crippen LogP contribution in [-0.2, 0) is 12.2 Å². The van der Waals surface area contributed by atoms with Gasteiger partial charge in [-0.25, -0.2) is 9.97 Å². The summed E-state index contributed by atoms with van der Waals surface area (Å²) in [4.78, 5) is 21.8. The Labute approximate surface area is 154 Å². The topological polar surface area (TPSA) is 86.2 Å². The van der Waals surface area contributed by atoms with E-state index < -0.39 is 0 Å². The van der Waals surface area contributed by atoms with E-state index in [1.165, 1.54) is 23.1 Å². The van der Waals surface area contributed by atoms with E-state index in [9.17, 15) is 4.79 Å². The molecule has 25 heavy (non-hydrogen) atoms. The average Bonchev–Trinajstić information content (AvgIpc) is 3.28. The maximum absolute atomic E-state index is 12.2. The SMILES string of the molecule is Cc1nc(Cc2nnc(SCc3cc(=O)n4c(C)csc4n3)o2)cs1.